The quantitative estimate of drug-likeness (QED) is 0.738. The molecule has 0 bridgehead atoms. The van der Waals surface area contributed by atoms with Gasteiger partial charge in [0, 0.05) is 18.7 Å². The first kappa shape index (κ1) is 18.9. The first-order chi connectivity index (χ1) is 14.1. The third kappa shape index (κ3) is 4.19. The third-order valence-corrected chi connectivity index (χ3v) is 4.87. The van der Waals surface area contributed by atoms with E-state index in [1.165, 1.54) is 0 Å². The Hall–Kier alpha value is -3.46. The summed E-state index contributed by atoms with van der Waals surface area (Å²) in [6.45, 7) is 2.95. The number of aromatic nitrogens is 1. The van der Waals surface area contributed by atoms with Gasteiger partial charge < -0.3 is 20.3 Å². The predicted molar refractivity (Wildman–Crippen MR) is 106 cm³/mol. The number of morpholine rings is 1. The number of ether oxygens (including phenoxy) is 1. The number of hydrogen-bond acceptors (Lipinski definition) is 6. The van der Waals surface area contributed by atoms with Crippen molar-refractivity contribution in [1.29, 1.82) is 0 Å². The number of urea groups is 1. The Labute approximate surface area is 167 Å². The Bertz CT molecular complexity index is 909. The molecule has 2 aliphatic rings. The van der Waals surface area contributed by atoms with Crippen LogP contribution in [0.4, 0.5) is 16.3 Å². The Morgan fingerprint density at radius 2 is 1.93 bits per heavy atom. The van der Waals surface area contributed by atoms with Gasteiger partial charge in [-0.25, -0.2) is 9.78 Å². The minimum Gasteiger partial charge on any atom is -0.378 e. The topological polar surface area (TPSA) is 104 Å². The molecule has 2 saturated heterocycles. The molecular weight excluding hydrogens is 374 g/mol. The number of imide groups is 1. The molecule has 4 rings (SSSR count). The van der Waals surface area contributed by atoms with Gasteiger partial charge in [-0.1, -0.05) is 18.2 Å². The molecule has 2 aromatic rings. The highest BCUT2D eigenvalue weighted by Crippen LogP contribution is 2.18. The van der Waals surface area contributed by atoms with Gasteiger partial charge >= 0.3 is 6.03 Å². The fraction of sp³-hybridized carbons (Fsp3) is 0.300. The first-order valence-corrected chi connectivity index (χ1v) is 9.38. The number of benzene rings is 1. The average molecular weight is 395 g/mol. The van der Waals surface area contributed by atoms with Crippen LogP contribution in [0.1, 0.15) is 15.9 Å². The summed E-state index contributed by atoms with van der Waals surface area (Å²) < 4.78 is 5.34. The monoisotopic (exact) mass is 395 g/mol. The van der Waals surface area contributed by atoms with Gasteiger partial charge in [-0.15, -0.1) is 0 Å². The zero-order valence-corrected chi connectivity index (χ0v) is 15.8. The van der Waals surface area contributed by atoms with Crippen LogP contribution in [-0.2, 0) is 16.1 Å². The molecule has 0 radical (unpaired) electrons. The van der Waals surface area contributed by atoms with Gasteiger partial charge in [0.25, 0.3) is 5.91 Å². The predicted octanol–water partition coefficient (Wildman–Crippen LogP) is 1.22. The van der Waals surface area contributed by atoms with Crippen LogP contribution in [0.2, 0.25) is 0 Å². The normalized spacial score (nSPS) is 16.7. The number of hydrogen-bond donors (Lipinski definition) is 2. The van der Waals surface area contributed by atoms with E-state index in [2.05, 4.69) is 20.5 Å². The molecule has 1 aromatic heterocycles. The molecule has 150 valence electrons. The van der Waals surface area contributed by atoms with Gasteiger partial charge in [0.2, 0.25) is 5.91 Å². The van der Waals surface area contributed by atoms with E-state index < -0.39 is 6.03 Å². The summed E-state index contributed by atoms with van der Waals surface area (Å²) in [4.78, 5) is 44.1. The molecule has 2 fully saturated rings. The fourth-order valence-corrected chi connectivity index (χ4v) is 3.30. The van der Waals surface area contributed by atoms with Crippen LogP contribution < -0.4 is 15.5 Å². The Kier molecular flexibility index (Phi) is 5.39. The average Bonchev–Trinajstić information content (AvgIpc) is 3.07. The molecule has 0 saturated carbocycles. The highest BCUT2D eigenvalue weighted by atomic mass is 16.5. The minimum atomic E-state index is -0.451. The van der Waals surface area contributed by atoms with Crippen LogP contribution in [0.15, 0.2) is 42.6 Å². The Morgan fingerprint density at radius 3 is 2.62 bits per heavy atom. The first-order valence-electron chi connectivity index (χ1n) is 9.38. The van der Waals surface area contributed by atoms with Crippen molar-refractivity contribution in [2.75, 3.05) is 43.1 Å². The van der Waals surface area contributed by atoms with E-state index in [1.54, 1.807) is 36.5 Å². The fourth-order valence-electron chi connectivity index (χ4n) is 3.30. The minimum absolute atomic E-state index is 0.0195. The second-order valence-electron chi connectivity index (χ2n) is 6.75. The summed E-state index contributed by atoms with van der Waals surface area (Å²) in [7, 11) is 0. The van der Waals surface area contributed by atoms with E-state index in [9.17, 15) is 14.4 Å². The molecule has 9 heteroatoms. The van der Waals surface area contributed by atoms with Crippen LogP contribution in [0.3, 0.4) is 0 Å². The lowest BCUT2D eigenvalue weighted by molar-refractivity contribution is -0.125. The van der Waals surface area contributed by atoms with E-state index in [0.29, 0.717) is 30.0 Å². The van der Waals surface area contributed by atoms with Crippen LogP contribution in [0, 0.1) is 0 Å². The third-order valence-electron chi connectivity index (χ3n) is 4.87. The summed E-state index contributed by atoms with van der Waals surface area (Å²) in [5, 5.41) is 5.30. The standard InChI is InChI=1S/C20H21N5O4/c26-18-12-22-20(28)25(18)13-14-3-1-2-4-16(14)19(27)23-15-5-6-17(21-11-15)24-7-9-29-10-8-24/h1-6,11H,7-10,12-13H2,(H,22,28)(H,23,27). The van der Waals surface area contributed by atoms with E-state index in [-0.39, 0.29) is 24.9 Å². The van der Waals surface area contributed by atoms with Gasteiger partial charge in [-0.05, 0) is 23.8 Å². The molecule has 9 nitrogen and oxygen atoms in total. The van der Waals surface area contributed by atoms with Crippen molar-refractivity contribution in [3.05, 3.63) is 53.7 Å². The number of rotatable bonds is 5. The van der Waals surface area contributed by atoms with Crippen molar-refractivity contribution in [2.24, 2.45) is 0 Å². The number of carbonyl (C=O) groups excluding carboxylic acids is 3. The summed E-state index contributed by atoms with van der Waals surface area (Å²) in [6.07, 6.45) is 1.61. The van der Waals surface area contributed by atoms with Gasteiger partial charge in [-0.2, -0.15) is 0 Å². The maximum atomic E-state index is 12.8. The molecule has 2 aliphatic heterocycles. The van der Waals surface area contributed by atoms with E-state index in [4.69, 9.17) is 4.74 Å². The van der Waals surface area contributed by atoms with Crippen molar-refractivity contribution in [1.82, 2.24) is 15.2 Å². The molecule has 0 aliphatic carbocycles. The molecule has 0 spiro atoms. The molecule has 1 aromatic carbocycles. The summed E-state index contributed by atoms with van der Waals surface area (Å²) >= 11 is 0. The molecular formula is C20H21N5O4. The van der Waals surface area contributed by atoms with E-state index in [0.717, 1.165) is 23.8 Å². The highest BCUT2D eigenvalue weighted by Gasteiger charge is 2.29. The second-order valence-corrected chi connectivity index (χ2v) is 6.75. The maximum Gasteiger partial charge on any atom is 0.324 e. The van der Waals surface area contributed by atoms with Gasteiger partial charge in [0.05, 0.1) is 38.2 Å². The molecule has 3 heterocycles. The van der Waals surface area contributed by atoms with E-state index in [1.807, 2.05) is 6.07 Å². The zero-order chi connectivity index (χ0) is 20.2. The number of carbonyl (C=O) groups is 3. The lowest BCUT2D eigenvalue weighted by Gasteiger charge is -2.27. The summed E-state index contributed by atoms with van der Waals surface area (Å²) in [5.74, 6) is 0.201. The molecule has 2 N–H and O–H groups in total. The summed E-state index contributed by atoms with van der Waals surface area (Å²) in [6, 6.07) is 10.1. The number of nitrogens with one attached hydrogen (secondary N) is 2. The van der Waals surface area contributed by atoms with Gasteiger partial charge in [0.15, 0.2) is 0 Å². The van der Waals surface area contributed by atoms with Crippen LogP contribution in [0.25, 0.3) is 0 Å². The molecule has 29 heavy (non-hydrogen) atoms. The largest absolute Gasteiger partial charge is 0.378 e. The molecule has 4 amide bonds. The number of anilines is 2. The maximum absolute atomic E-state index is 12.8. The molecule has 0 atom stereocenters. The second kappa shape index (κ2) is 8.27. The van der Waals surface area contributed by atoms with E-state index >= 15 is 0 Å². The van der Waals surface area contributed by atoms with Crippen LogP contribution >= 0.6 is 0 Å². The molecule has 0 unspecified atom stereocenters. The van der Waals surface area contributed by atoms with Crippen LogP contribution in [0.5, 0.6) is 0 Å². The zero-order valence-electron chi connectivity index (χ0n) is 15.8. The van der Waals surface area contributed by atoms with Crippen molar-refractivity contribution < 1.29 is 19.1 Å². The van der Waals surface area contributed by atoms with Crippen LogP contribution in [-0.4, -0.2) is 60.6 Å². The Morgan fingerprint density at radius 1 is 1.14 bits per heavy atom. The number of nitrogens with zero attached hydrogens (tertiary/aromatic N) is 3. The Balaban J connectivity index is 1.46. The smallest absolute Gasteiger partial charge is 0.324 e. The van der Waals surface area contributed by atoms with Gasteiger partial charge in [0.1, 0.15) is 5.82 Å². The number of amides is 4. The highest BCUT2D eigenvalue weighted by molar-refractivity contribution is 6.06. The number of pyridine rings is 1. The van der Waals surface area contributed by atoms with Crippen molar-refractivity contribution in [2.45, 2.75) is 6.54 Å². The van der Waals surface area contributed by atoms with Crippen molar-refractivity contribution >= 4 is 29.4 Å². The van der Waals surface area contributed by atoms with Crippen molar-refractivity contribution in [3.8, 4) is 0 Å². The summed E-state index contributed by atoms with van der Waals surface area (Å²) in [5.41, 5.74) is 1.56. The SMILES string of the molecule is O=C(Nc1ccc(N2CCOCC2)nc1)c1ccccc1CN1C(=O)CNC1=O. The lowest BCUT2D eigenvalue weighted by Crippen LogP contribution is -2.36. The lowest BCUT2D eigenvalue weighted by atomic mass is 10.1. The van der Waals surface area contributed by atoms with Gasteiger partial charge in [-0.3, -0.25) is 14.5 Å². The van der Waals surface area contributed by atoms with Crippen molar-refractivity contribution in [3.63, 3.8) is 0 Å².